The third-order valence-corrected chi connectivity index (χ3v) is 4.86. The molecule has 0 spiro atoms. The maximum absolute atomic E-state index is 9.64. The van der Waals surface area contributed by atoms with E-state index >= 15 is 0 Å². The predicted molar refractivity (Wildman–Crippen MR) is 99.6 cm³/mol. The van der Waals surface area contributed by atoms with E-state index in [1.54, 1.807) is 0 Å². The van der Waals surface area contributed by atoms with Crippen molar-refractivity contribution in [1.29, 1.82) is 0 Å². The van der Waals surface area contributed by atoms with Gasteiger partial charge in [0.1, 0.15) is 12.6 Å². The summed E-state index contributed by atoms with van der Waals surface area (Å²) in [5, 5.41) is 9.64. The van der Waals surface area contributed by atoms with Crippen LogP contribution in [0.3, 0.4) is 0 Å². The van der Waals surface area contributed by atoms with Crippen molar-refractivity contribution in [3.63, 3.8) is 0 Å². The van der Waals surface area contributed by atoms with Crippen LogP contribution in [-0.2, 0) is 0 Å². The van der Waals surface area contributed by atoms with E-state index in [1.807, 2.05) is 0 Å². The molecular weight excluding hydrogens is 374 g/mol. The molecule has 0 amide bonds. The molecule has 2 nitrogen and oxygen atoms in total. The molecular formula is C19H41BrClNO. The maximum atomic E-state index is 9.64. The van der Waals surface area contributed by atoms with Gasteiger partial charge in [0.15, 0.2) is 0 Å². The molecule has 142 valence electrons. The highest BCUT2D eigenvalue weighted by atomic mass is 79.9. The van der Waals surface area contributed by atoms with Crippen LogP contribution in [-0.4, -0.2) is 48.8 Å². The molecule has 0 rings (SSSR count). The fraction of sp³-hybridized carbons (Fsp3) is 1.00. The van der Waals surface area contributed by atoms with E-state index in [9.17, 15) is 5.11 Å². The Hall–Kier alpha value is 0.690. The molecule has 0 saturated heterocycles. The zero-order valence-electron chi connectivity index (χ0n) is 15.8. The van der Waals surface area contributed by atoms with Crippen molar-refractivity contribution in [2.24, 2.45) is 0 Å². The second-order valence-electron chi connectivity index (χ2n) is 7.54. The van der Waals surface area contributed by atoms with Crippen LogP contribution in [0.15, 0.2) is 0 Å². The third-order valence-electron chi connectivity index (χ3n) is 4.50. The van der Waals surface area contributed by atoms with Crippen molar-refractivity contribution < 1.29 is 26.6 Å². The van der Waals surface area contributed by atoms with Crippen LogP contribution in [0.2, 0.25) is 0 Å². The summed E-state index contributed by atoms with van der Waals surface area (Å²) in [5.74, 6) is 0.347. The first kappa shape index (κ1) is 25.9. The van der Waals surface area contributed by atoms with E-state index in [2.05, 4.69) is 21.0 Å². The molecule has 0 radical (unpaired) electrons. The van der Waals surface area contributed by atoms with Crippen molar-refractivity contribution in [3.05, 3.63) is 0 Å². The van der Waals surface area contributed by atoms with Gasteiger partial charge in [0, 0.05) is 0 Å². The Morgan fingerprint density at radius 2 is 1.17 bits per heavy atom. The molecule has 0 fully saturated rings. The lowest BCUT2D eigenvalue weighted by Gasteiger charge is -2.31. The predicted octanol–water partition coefficient (Wildman–Crippen LogP) is 2.37. The van der Waals surface area contributed by atoms with Gasteiger partial charge in [0.05, 0.1) is 26.5 Å². The summed E-state index contributed by atoms with van der Waals surface area (Å²) in [4.78, 5) is 0. The standard InChI is InChI=1S/C19H41ClNO.BrH/c1-4-5-6-7-8-9-10-11-12-13-14-15-16-21(2,3)18-19(22)17-20;/h19,22H,4-18H2,1-3H3;1H/q+1;/p-1. The van der Waals surface area contributed by atoms with Gasteiger partial charge in [-0.15, -0.1) is 11.6 Å². The quantitative estimate of drug-likeness (QED) is 0.233. The number of aliphatic hydroxyl groups excluding tert-OH is 1. The number of quaternary nitrogens is 1. The van der Waals surface area contributed by atoms with E-state index in [0.29, 0.717) is 5.88 Å². The molecule has 4 heteroatoms. The molecule has 0 bridgehead atoms. The highest BCUT2D eigenvalue weighted by Crippen LogP contribution is 2.13. The summed E-state index contributed by atoms with van der Waals surface area (Å²) in [7, 11) is 4.38. The SMILES string of the molecule is CCCCCCCCCCCCCC[N+](C)(C)CC(O)CCl.[Br-]. The van der Waals surface area contributed by atoms with E-state index in [1.165, 1.54) is 77.0 Å². The summed E-state index contributed by atoms with van der Waals surface area (Å²) in [5.41, 5.74) is 0. The summed E-state index contributed by atoms with van der Waals surface area (Å²) in [6, 6.07) is 0. The topological polar surface area (TPSA) is 20.2 Å². The van der Waals surface area contributed by atoms with Crippen LogP contribution in [0.5, 0.6) is 0 Å². The number of likely N-dealkylation sites (N-methyl/N-ethyl adjacent to an activating group) is 1. The Bertz CT molecular complexity index is 239. The molecule has 0 heterocycles. The molecule has 0 aliphatic rings. The third kappa shape index (κ3) is 18.9. The lowest BCUT2D eigenvalue weighted by atomic mass is 10.1. The van der Waals surface area contributed by atoms with Crippen LogP contribution in [0.1, 0.15) is 84.0 Å². The molecule has 23 heavy (non-hydrogen) atoms. The van der Waals surface area contributed by atoms with E-state index in [0.717, 1.165) is 17.6 Å². The summed E-state index contributed by atoms with van der Waals surface area (Å²) >= 11 is 5.68. The maximum Gasteiger partial charge on any atom is 0.116 e. The molecule has 0 saturated carbocycles. The molecule has 1 N–H and O–H groups in total. The van der Waals surface area contributed by atoms with E-state index in [4.69, 9.17) is 11.6 Å². The Morgan fingerprint density at radius 3 is 1.57 bits per heavy atom. The van der Waals surface area contributed by atoms with Crippen molar-refractivity contribution in [3.8, 4) is 0 Å². The largest absolute Gasteiger partial charge is 1.00 e. The van der Waals surface area contributed by atoms with Crippen molar-refractivity contribution >= 4 is 11.6 Å². The fourth-order valence-corrected chi connectivity index (χ4v) is 3.19. The first-order chi connectivity index (χ1) is 10.5. The number of alkyl halides is 1. The Balaban J connectivity index is 0. The summed E-state index contributed by atoms with van der Waals surface area (Å²) in [6.07, 6.45) is 16.3. The molecule has 1 atom stereocenters. The number of rotatable bonds is 16. The number of hydrogen-bond acceptors (Lipinski definition) is 1. The van der Waals surface area contributed by atoms with Crippen LogP contribution < -0.4 is 17.0 Å². The minimum atomic E-state index is -0.367. The minimum absolute atomic E-state index is 0. The number of halogens is 2. The number of aliphatic hydroxyl groups is 1. The lowest BCUT2D eigenvalue weighted by Crippen LogP contribution is -3.00. The summed E-state index contributed by atoms with van der Waals surface area (Å²) < 4.78 is 0.881. The minimum Gasteiger partial charge on any atom is -1.00 e. The van der Waals surface area contributed by atoms with Gasteiger partial charge in [0.25, 0.3) is 0 Å². The monoisotopic (exact) mass is 413 g/mol. The zero-order valence-corrected chi connectivity index (χ0v) is 18.2. The first-order valence-electron chi connectivity index (χ1n) is 9.58. The molecule has 1 unspecified atom stereocenters. The van der Waals surface area contributed by atoms with Gasteiger partial charge >= 0.3 is 0 Å². The van der Waals surface area contributed by atoms with Crippen LogP contribution in [0, 0.1) is 0 Å². The normalized spacial score (nSPS) is 12.9. The van der Waals surface area contributed by atoms with E-state index in [-0.39, 0.29) is 23.1 Å². The molecule has 0 aliphatic heterocycles. The first-order valence-corrected chi connectivity index (χ1v) is 10.1. The smallest absolute Gasteiger partial charge is 0.116 e. The van der Waals surface area contributed by atoms with Gasteiger partial charge < -0.3 is 26.6 Å². The van der Waals surface area contributed by atoms with Gasteiger partial charge in [-0.05, 0) is 12.8 Å². The Morgan fingerprint density at radius 1 is 0.783 bits per heavy atom. The Kier molecular flexibility index (Phi) is 19.7. The van der Waals surface area contributed by atoms with Gasteiger partial charge in [-0.3, -0.25) is 0 Å². The average Bonchev–Trinajstić information content (AvgIpc) is 2.47. The van der Waals surface area contributed by atoms with Crippen molar-refractivity contribution in [1.82, 2.24) is 0 Å². The second kappa shape index (κ2) is 17.5. The number of hydrogen-bond donors (Lipinski definition) is 1. The average molecular weight is 415 g/mol. The van der Waals surface area contributed by atoms with Gasteiger partial charge in [-0.2, -0.15) is 0 Å². The fourth-order valence-electron chi connectivity index (χ4n) is 3.09. The van der Waals surface area contributed by atoms with E-state index < -0.39 is 0 Å². The second-order valence-corrected chi connectivity index (χ2v) is 7.85. The highest BCUT2D eigenvalue weighted by Gasteiger charge is 2.19. The zero-order chi connectivity index (χ0) is 16.7. The lowest BCUT2D eigenvalue weighted by molar-refractivity contribution is -0.893. The van der Waals surface area contributed by atoms with Crippen molar-refractivity contribution in [2.75, 3.05) is 33.1 Å². The van der Waals surface area contributed by atoms with Gasteiger partial charge in [-0.1, -0.05) is 71.1 Å². The van der Waals surface area contributed by atoms with Crippen LogP contribution in [0.4, 0.5) is 0 Å². The van der Waals surface area contributed by atoms with Crippen LogP contribution in [0.25, 0.3) is 0 Å². The molecule has 0 aliphatic carbocycles. The van der Waals surface area contributed by atoms with Crippen LogP contribution >= 0.6 is 11.6 Å². The number of unbranched alkanes of at least 4 members (excludes halogenated alkanes) is 11. The van der Waals surface area contributed by atoms with Crippen molar-refractivity contribution in [2.45, 2.75) is 90.1 Å². The molecule has 0 aromatic rings. The molecule has 0 aromatic heterocycles. The van der Waals surface area contributed by atoms with Gasteiger partial charge in [0.2, 0.25) is 0 Å². The number of nitrogens with zero attached hydrogens (tertiary/aromatic N) is 1. The molecule has 0 aromatic carbocycles. The van der Waals surface area contributed by atoms with Gasteiger partial charge in [-0.25, -0.2) is 0 Å². The Labute approximate surface area is 161 Å². The summed E-state index contributed by atoms with van der Waals surface area (Å²) in [6.45, 7) is 4.19. The highest BCUT2D eigenvalue weighted by molar-refractivity contribution is 6.18.